The number of amidine groups is 1. The van der Waals surface area contributed by atoms with Gasteiger partial charge in [0.25, 0.3) is 0 Å². The molecule has 1 atom stereocenters. The molecule has 0 aliphatic heterocycles. The Bertz CT molecular complexity index is 177. The Balaban J connectivity index is 3.96. The fraction of sp³-hybridized carbons (Fsp3) is 0.917. The Labute approximate surface area is 89.0 Å². The lowest BCUT2D eigenvalue weighted by molar-refractivity contribution is 0.554. The molecule has 2 nitrogen and oxygen atoms in total. The predicted octanol–water partition coefficient (Wildman–Crippen LogP) is 3.36. The lowest BCUT2D eigenvalue weighted by Crippen LogP contribution is -2.30. The van der Waals surface area contributed by atoms with Crippen LogP contribution in [-0.2, 0) is 0 Å². The van der Waals surface area contributed by atoms with Crippen LogP contribution in [0.5, 0.6) is 0 Å². The molecule has 0 saturated heterocycles. The Hall–Kier alpha value is -0.530. The minimum absolute atomic E-state index is 0.0129. The van der Waals surface area contributed by atoms with Crippen molar-refractivity contribution >= 4 is 5.84 Å². The van der Waals surface area contributed by atoms with Gasteiger partial charge in [-0.05, 0) is 13.3 Å². The molecule has 0 bridgehead atoms. The van der Waals surface area contributed by atoms with Gasteiger partial charge in [-0.25, -0.2) is 0 Å². The number of aliphatic imine (C=N–C) groups is 1. The van der Waals surface area contributed by atoms with Gasteiger partial charge in [-0.3, -0.25) is 4.99 Å². The molecular formula is C12H26N2. The van der Waals surface area contributed by atoms with Crippen LogP contribution in [0.25, 0.3) is 0 Å². The fourth-order valence-electron chi connectivity index (χ4n) is 1.19. The van der Waals surface area contributed by atoms with E-state index in [-0.39, 0.29) is 5.41 Å². The number of hydrogen-bond donors (Lipinski definition) is 1. The molecule has 0 fully saturated rings. The monoisotopic (exact) mass is 198 g/mol. The second-order valence-electron chi connectivity index (χ2n) is 5.11. The number of hydrogen-bond acceptors (Lipinski definition) is 1. The van der Waals surface area contributed by atoms with E-state index < -0.39 is 0 Å². The molecule has 0 aromatic heterocycles. The molecule has 0 amide bonds. The maximum atomic E-state index is 5.91. The van der Waals surface area contributed by atoms with E-state index in [2.05, 4.69) is 39.6 Å². The van der Waals surface area contributed by atoms with Crippen molar-refractivity contribution in [3.8, 4) is 0 Å². The second kappa shape index (κ2) is 6.05. The molecule has 84 valence electrons. The van der Waals surface area contributed by atoms with Crippen LogP contribution in [0.1, 0.15) is 60.3 Å². The summed E-state index contributed by atoms with van der Waals surface area (Å²) in [5.41, 5.74) is 5.92. The summed E-state index contributed by atoms with van der Waals surface area (Å²) in [6.07, 6.45) is 4.99. The number of nitrogens with two attached hydrogens (primary N) is 1. The molecular weight excluding hydrogens is 172 g/mol. The third-order valence-corrected chi connectivity index (χ3v) is 2.35. The van der Waals surface area contributed by atoms with Crippen LogP contribution in [0, 0.1) is 5.41 Å². The van der Waals surface area contributed by atoms with Crippen LogP contribution in [-0.4, -0.2) is 11.9 Å². The van der Waals surface area contributed by atoms with Crippen molar-refractivity contribution < 1.29 is 0 Å². The van der Waals surface area contributed by atoms with E-state index in [4.69, 9.17) is 5.73 Å². The Morgan fingerprint density at radius 1 is 1.29 bits per heavy atom. The van der Waals surface area contributed by atoms with Gasteiger partial charge in [0.15, 0.2) is 0 Å². The second-order valence-corrected chi connectivity index (χ2v) is 5.11. The minimum Gasteiger partial charge on any atom is -0.387 e. The van der Waals surface area contributed by atoms with Gasteiger partial charge < -0.3 is 5.73 Å². The molecule has 0 aromatic rings. The normalized spacial score (nSPS) is 15.6. The molecule has 0 heterocycles. The summed E-state index contributed by atoms with van der Waals surface area (Å²) in [7, 11) is 0. The SMILES string of the molecule is CCCCCC(C)N=C(N)C(C)(C)C. The van der Waals surface area contributed by atoms with Crippen molar-refractivity contribution in [2.24, 2.45) is 16.1 Å². The molecule has 0 rings (SSSR count). The highest BCUT2D eigenvalue weighted by molar-refractivity contribution is 5.85. The zero-order valence-electron chi connectivity index (χ0n) is 10.4. The number of nitrogens with zero attached hydrogens (tertiary/aromatic N) is 1. The lowest BCUT2D eigenvalue weighted by atomic mass is 9.95. The van der Waals surface area contributed by atoms with Gasteiger partial charge in [-0.15, -0.1) is 0 Å². The van der Waals surface area contributed by atoms with E-state index in [0.717, 1.165) is 12.3 Å². The zero-order valence-corrected chi connectivity index (χ0v) is 10.4. The molecule has 0 aliphatic rings. The third-order valence-electron chi connectivity index (χ3n) is 2.35. The average molecular weight is 198 g/mol. The molecule has 2 heteroatoms. The van der Waals surface area contributed by atoms with Crippen molar-refractivity contribution in [3.05, 3.63) is 0 Å². The molecule has 2 N–H and O–H groups in total. The van der Waals surface area contributed by atoms with Gasteiger partial charge in [-0.1, -0.05) is 47.0 Å². The lowest BCUT2D eigenvalue weighted by Gasteiger charge is -2.19. The largest absolute Gasteiger partial charge is 0.387 e. The maximum Gasteiger partial charge on any atom is 0.0994 e. The smallest absolute Gasteiger partial charge is 0.0994 e. The molecule has 0 spiro atoms. The highest BCUT2D eigenvalue weighted by atomic mass is 14.9. The zero-order chi connectivity index (χ0) is 11.2. The first-order valence-corrected chi connectivity index (χ1v) is 5.71. The quantitative estimate of drug-likeness (QED) is 0.410. The summed E-state index contributed by atoms with van der Waals surface area (Å²) in [6.45, 7) is 10.7. The first kappa shape index (κ1) is 13.5. The van der Waals surface area contributed by atoms with E-state index in [9.17, 15) is 0 Å². The summed E-state index contributed by atoms with van der Waals surface area (Å²) in [4.78, 5) is 4.51. The standard InChI is InChI=1S/C12H26N2/c1-6-7-8-9-10(2)14-11(13)12(3,4)5/h10H,6-9H2,1-5H3,(H2,13,14). The summed E-state index contributed by atoms with van der Waals surface area (Å²) in [5.74, 6) is 0.779. The highest BCUT2D eigenvalue weighted by Crippen LogP contribution is 2.15. The van der Waals surface area contributed by atoms with Crippen LogP contribution >= 0.6 is 0 Å². The summed E-state index contributed by atoms with van der Waals surface area (Å²) in [6, 6.07) is 0.376. The maximum absolute atomic E-state index is 5.91. The summed E-state index contributed by atoms with van der Waals surface area (Å²) in [5, 5.41) is 0. The highest BCUT2D eigenvalue weighted by Gasteiger charge is 2.15. The van der Waals surface area contributed by atoms with Crippen molar-refractivity contribution in [1.29, 1.82) is 0 Å². The average Bonchev–Trinajstić information content (AvgIpc) is 2.03. The first-order valence-electron chi connectivity index (χ1n) is 5.71. The fourth-order valence-corrected chi connectivity index (χ4v) is 1.19. The van der Waals surface area contributed by atoms with E-state index in [1.807, 2.05) is 0 Å². The van der Waals surface area contributed by atoms with Gasteiger partial charge in [-0.2, -0.15) is 0 Å². The van der Waals surface area contributed by atoms with Gasteiger partial charge in [0, 0.05) is 11.5 Å². The summed E-state index contributed by atoms with van der Waals surface area (Å²) >= 11 is 0. The van der Waals surface area contributed by atoms with E-state index in [0.29, 0.717) is 6.04 Å². The van der Waals surface area contributed by atoms with Crippen LogP contribution in [0.2, 0.25) is 0 Å². The predicted molar refractivity (Wildman–Crippen MR) is 64.7 cm³/mol. The topological polar surface area (TPSA) is 38.4 Å². The number of unbranched alkanes of at least 4 members (excludes halogenated alkanes) is 2. The van der Waals surface area contributed by atoms with Gasteiger partial charge in [0.1, 0.15) is 0 Å². The van der Waals surface area contributed by atoms with Gasteiger partial charge in [0.2, 0.25) is 0 Å². The first-order chi connectivity index (χ1) is 6.38. The molecule has 1 unspecified atom stereocenters. The van der Waals surface area contributed by atoms with Crippen molar-refractivity contribution in [2.75, 3.05) is 0 Å². The molecule has 14 heavy (non-hydrogen) atoms. The Morgan fingerprint density at radius 2 is 1.86 bits per heavy atom. The Morgan fingerprint density at radius 3 is 2.29 bits per heavy atom. The molecule has 0 radical (unpaired) electrons. The summed E-state index contributed by atoms with van der Waals surface area (Å²) < 4.78 is 0. The molecule has 0 saturated carbocycles. The van der Waals surface area contributed by atoms with Gasteiger partial charge in [0.05, 0.1) is 5.84 Å². The molecule has 0 aliphatic carbocycles. The number of rotatable bonds is 5. The van der Waals surface area contributed by atoms with E-state index in [1.165, 1.54) is 19.3 Å². The van der Waals surface area contributed by atoms with Crippen molar-refractivity contribution in [3.63, 3.8) is 0 Å². The van der Waals surface area contributed by atoms with Crippen LogP contribution < -0.4 is 5.73 Å². The van der Waals surface area contributed by atoms with Crippen LogP contribution in [0.4, 0.5) is 0 Å². The van der Waals surface area contributed by atoms with E-state index in [1.54, 1.807) is 0 Å². The van der Waals surface area contributed by atoms with Crippen LogP contribution in [0.15, 0.2) is 4.99 Å². The third kappa shape index (κ3) is 6.01. The van der Waals surface area contributed by atoms with E-state index >= 15 is 0 Å². The molecule has 0 aromatic carbocycles. The van der Waals surface area contributed by atoms with Crippen molar-refractivity contribution in [1.82, 2.24) is 0 Å². The Kier molecular flexibility index (Phi) is 5.82. The minimum atomic E-state index is 0.0129. The van der Waals surface area contributed by atoms with Gasteiger partial charge >= 0.3 is 0 Å². The van der Waals surface area contributed by atoms with Crippen LogP contribution in [0.3, 0.4) is 0 Å². The van der Waals surface area contributed by atoms with Crippen molar-refractivity contribution in [2.45, 2.75) is 66.3 Å².